The summed E-state index contributed by atoms with van der Waals surface area (Å²) in [5, 5.41) is 5.68. The second kappa shape index (κ2) is 9.35. The maximum Gasteiger partial charge on any atom is 0.262 e. The second-order valence-corrected chi connectivity index (χ2v) is 9.98. The predicted octanol–water partition coefficient (Wildman–Crippen LogP) is 1.69. The lowest BCUT2D eigenvalue weighted by molar-refractivity contribution is -0.136. The van der Waals surface area contributed by atoms with Crippen molar-refractivity contribution < 1.29 is 19.2 Å². The Morgan fingerprint density at radius 2 is 1.55 bits per heavy atom. The Morgan fingerprint density at radius 1 is 0.848 bits per heavy atom. The molecule has 1 aromatic carbocycles. The van der Waals surface area contributed by atoms with Crippen LogP contribution in [0.3, 0.4) is 0 Å². The number of carbonyl (C=O) groups excluding carboxylic acids is 4. The highest BCUT2D eigenvalue weighted by atomic mass is 16.2. The van der Waals surface area contributed by atoms with Gasteiger partial charge < -0.3 is 5.32 Å². The Hall–Kier alpha value is -2.58. The van der Waals surface area contributed by atoms with Gasteiger partial charge in [-0.05, 0) is 94.2 Å². The van der Waals surface area contributed by atoms with Crippen molar-refractivity contribution in [3.63, 3.8) is 0 Å². The summed E-state index contributed by atoms with van der Waals surface area (Å²) in [6.45, 7) is 5.19. The summed E-state index contributed by atoms with van der Waals surface area (Å²) in [5.41, 5.74) is 1.72. The van der Waals surface area contributed by atoms with Crippen LogP contribution in [0, 0.1) is 11.8 Å². The van der Waals surface area contributed by atoms with Crippen LogP contribution < -0.4 is 10.6 Å². The van der Waals surface area contributed by atoms with Gasteiger partial charge in [0.05, 0.1) is 11.1 Å². The summed E-state index contributed by atoms with van der Waals surface area (Å²) in [6, 6.07) is 4.51. The van der Waals surface area contributed by atoms with E-state index in [9.17, 15) is 19.2 Å². The molecular weight excluding hydrogens is 420 g/mol. The van der Waals surface area contributed by atoms with Crippen LogP contribution in [0.5, 0.6) is 0 Å². The molecule has 1 atom stereocenters. The molecule has 4 aliphatic heterocycles. The molecule has 2 N–H and O–H groups in total. The molecule has 3 saturated heterocycles. The van der Waals surface area contributed by atoms with Crippen LogP contribution in [0.15, 0.2) is 18.2 Å². The molecule has 4 aliphatic rings. The van der Waals surface area contributed by atoms with E-state index in [4.69, 9.17) is 0 Å². The van der Waals surface area contributed by atoms with Crippen molar-refractivity contribution in [3.8, 4) is 0 Å². The molecule has 8 nitrogen and oxygen atoms in total. The van der Waals surface area contributed by atoms with Gasteiger partial charge in [-0.25, -0.2) is 0 Å². The number of amides is 4. The first-order valence-corrected chi connectivity index (χ1v) is 12.3. The molecule has 5 rings (SSSR count). The maximum absolute atomic E-state index is 13.0. The van der Waals surface area contributed by atoms with E-state index in [1.54, 1.807) is 6.07 Å². The fourth-order valence-corrected chi connectivity index (χ4v) is 5.84. The Labute approximate surface area is 194 Å². The van der Waals surface area contributed by atoms with Crippen molar-refractivity contribution in [2.75, 3.05) is 26.2 Å². The average Bonchev–Trinajstić information content (AvgIpc) is 3.06. The van der Waals surface area contributed by atoms with Crippen LogP contribution in [-0.4, -0.2) is 65.6 Å². The molecule has 0 spiro atoms. The Morgan fingerprint density at radius 3 is 2.27 bits per heavy atom. The minimum atomic E-state index is -0.919. The monoisotopic (exact) mass is 452 g/mol. The third-order valence-corrected chi connectivity index (χ3v) is 7.74. The van der Waals surface area contributed by atoms with Gasteiger partial charge in [0.15, 0.2) is 0 Å². The molecule has 0 saturated carbocycles. The quantitative estimate of drug-likeness (QED) is 0.660. The molecule has 0 bridgehead atoms. The number of hydrogen-bond donors (Lipinski definition) is 2. The van der Waals surface area contributed by atoms with Crippen molar-refractivity contribution in [3.05, 3.63) is 34.9 Å². The number of imide groups is 2. The predicted molar refractivity (Wildman–Crippen MR) is 121 cm³/mol. The highest BCUT2D eigenvalue weighted by Crippen LogP contribution is 2.31. The summed E-state index contributed by atoms with van der Waals surface area (Å²) >= 11 is 0. The molecule has 3 fully saturated rings. The topological polar surface area (TPSA) is 98.8 Å². The first kappa shape index (κ1) is 22.2. The van der Waals surface area contributed by atoms with E-state index in [0.29, 0.717) is 11.1 Å². The summed E-state index contributed by atoms with van der Waals surface area (Å²) in [7, 11) is 0. The molecular formula is C25H32N4O4. The van der Waals surface area contributed by atoms with Crippen LogP contribution in [0.1, 0.15) is 71.2 Å². The largest absolute Gasteiger partial charge is 0.317 e. The van der Waals surface area contributed by atoms with E-state index in [-0.39, 0.29) is 18.7 Å². The third kappa shape index (κ3) is 4.59. The summed E-state index contributed by atoms with van der Waals surface area (Å²) in [5.74, 6) is -0.147. The summed E-state index contributed by atoms with van der Waals surface area (Å²) in [6.07, 6.45) is 6.69. The lowest BCUT2D eigenvalue weighted by Crippen LogP contribution is -2.54. The first-order chi connectivity index (χ1) is 16.0. The number of benzene rings is 1. The molecule has 4 amide bonds. The van der Waals surface area contributed by atoms with Gasteiger partial charge in [-0.15, -0.1) is 0 Å². The van der Waals surface area contributed by atoms with Gasteiger partial charge in [0.25, 0.3) is 11.8 Å². The maximum atomic E-state index is 13.0. The number of nitrogens with zero attached hydrogens (tertiary/aromatic N) is 2. The molecule has 8 heteroatoms. The van der Waals surface area contributed by atoms with Crippen molar-refractivity contribution in [2.45, 2.75) is 57.5 Å². The summed E-state index contributed by atoms with van der Waals surface area (Å²) < 4.78 is 0. The molecule has 0 aromatic heterocycles. The molecule has 176 valence electrons. The summed E-state index contributed by atoms with van der Waals surface area (Å²) in [4.78, 5) is 53.0. The first-order valence-electron chi connectivity index (χ1n) is 12.3. The van der Waals surface area contributed by atoms with E-state index in [1.807, 2.05) is 12.1 Å². The van der Waals surface area contributed by atoms with Gasteiger partial charge in [-0.3, -0.25) is 34.3 Å². The Bertz CT molecular complexity index is 963. The van der Waals surface area contributed by atoms with Crippen LogP contribution in [-0.2, 0) is 16.1 Å². The third-order valence-electron chi connectivity index (χ3n) is 7.74. The standard InChI is InChI=1S/C25H32N4O4/c30-22-4-3-21(23(31)27-22)29-24(32)19-2-1-18(14-20(19)25(29)33)15-28-11-7-17(8-12-28)13-16-5-9-26-10-6-16/h1-2,14,16-17,21,26H,3-13,15H2,(H,27,30,31). The van der Waals surface area contributed by atoms with Crippen molar-refractivity contribution in [1.29, 1.82) is 0 Å². The lowest BCUT2D eigenvalue weighted by Gasteiger charge is -2.34. The molecule has 0 aliphatic carbocycles. The van der Waals surface area contributed by atoms with Crippen molar-refractivity contribution in [2.24, 2.45) is 11.8 Å². The number of likely N-dealkylation sites (tertiary alicyclic amines) is 1. The molecule has 1 aromatic rings. The molecule has 0 radical (unpaired) electrons. The van der Waals surface area contributed by atoms with E-state index in [2.05, 4.69) is 15.5 Å². The SMILES string of the molecule is O=C1CCC(N2C(=O)c3ccc(CN4CCC(CC5CCNCC5)CC4)cc3C2=O)C(=O)N1. The van der Waals surface area contributed by atoms with E-state index in [1.165, 1.54) is 32.1 Å². The number of fused-ring (bicyclic) bond motifs is 1. The zero-order chi connectivity index (χ0) is 22.9. The van der Waals surface area contributed by atoms with Gasteiger partial charge >= 0.3 is 0 Å². The number of piperidine rings is 3. The van der Waals surface area contributed by atoms with Gasteiger partial charge in [-0.1, -0.05) is 6.07 Å². The molecule has 4 heterocycles. The fraction of sp³-hybridized carbons (Fsp3) is 0.600. The Balaban J connectivity index is 1.19. The van der Waals surface area contributed by atoms with Gasteiger partial charge in [0, 0.05) is 13.0 Å². The van der Waals surface area contributed by atoms with Gasteiger partial charge in [0.1, 0.15) is 6.04 Å². The minimum Gasteiger partial charge on any atom is -0.317 e. The highest BCUT2D eigenvalue weighted by molar-refractivity contribution is 6.23. The number of carbonyl (C=O) groups is 4. The van der Waals surface area contributed by atoms with Crippen molar-refractivity contribution >= 4 is 23.6 Å². The van der Waals surface area contributed by atoms with E-state index < -0.39 is 23.8 Å². The van der Waals surface area contributed by atoms with Gasteiger partial charge in [-0.2, -0.15) is 0 Å². The molecule has 33 heavy (non-hydrogen) atoms. The second-order valence-electron chi connectivity index (χ2n) is 9.98. The minimum absolute atomic E-state index is 0.128. The van der Waals surface area contributed by atoms with Crippen LogP contribution in [0.4, 0.5) is 0 Å². The fourth-order valence-electron chi connectivity index (χ4n) is 5.84. The van der Waals surface area contributed by atoms with E-state index >= 15 is 0 Å². The van der Waals surface area contributed by atoms with Crippen LogP contribution in [0.25, 0.3) is 0 Å². The average molecular weight is 453 g/mol. The van der Waals surface area contributed by atoms with E-state index in [0.717, 1.165) is 55.0 Å². The Kier molecular flexibility index (Phi) is 6.29. The lowest BCUT2D eigenvalue weighted by atomic mass is 9.83. The normalized spacial score (nSPS) is 25.5. The highest BCUT2D eigenvalue weighted by Gasteiger charge is 2.44. The molecule has 1 unspecified atom stereocenters. The van der Waals surface area contributed by atoms with Crippen LogP contribution in [0.2, 0.25) is 0 Å². The number of hydrogen-bond acceptors (Lipinski definition) is 6. The zero-order valence-electron chi connectivity index (χ0n) is 19.0. The van der Waals surface area contributed by atoms with Crippen LogP contribution >= 0.6 is 0 Å². The van der Waals surface area contributed by atoms with Gasteiger partial charge in [0.2, 0.25) is 11.8 Å². The smallest absolute Gasteiger partial charge is 0.262 e. The van der Waals surface area contributed by atoms with Crippen molar-refractivity contribution in [1.82, 2.24) is 20.4 Å². The number of nitrogens with one attached hydrogen (secondary N) is 2. The number of rotatable bonds is 5. The zero-order valence-corrected chi connectivity index (χ0v) is 19.0.